The third-order valence-electron chi connectivity index (χ3n) is 4.30. The summed E-state index contributed by atoms with van der Waals surface area (Å²) in [4.78, 5) is 16.9. The second kappa shape index (κ2) is 7.82. The van der Waals surface area contributed by atoms with Crippen molar-refractivity contribution < 1.29 is 4.79 Å². The van der Waals surface area contributed by atoms with E-state index in [-0.39, 0.29) is 11.7 Å². The Morgan fingerprint density at radius 3 is 2.75 bits per heavy atom. The molecular weight excluding hydrogens is 370 g/mol. The molecule has 0 aliphatic heterocycles. The molecule has 0 spiro atoms. The molecule has 0 bridgehead atoms. The molecule has 140 valence electrons. The molecule has 0 radical (unpaired) electrons. The highest BCUT2D eigenvalue weighted by molar-refractivity contribution is 7.99. The van der Waals surface area contributed by atoms with E-state index in [1.165, 1.54) is 17.3 Å². The van der Waals surface area contributed by atoms with Gasteiger partial charge in [-0.1, -0.05) is 59.8 Å². The first-order chi connectivity index (χ1) is 13.7. The van der Waals surface area contributed by atoms with Gasteiger partial charge in [-0.05, 0) is 19.1 Å². The molecule has 6 nitrogen and oxygen atoms in total. The molecular formula is C21H19N5OS. The largest absolute Gasteiger partial charge is 0.352 e. The molecule has 7 heteroatoms. The Bertz CT molecular complexity index is 1170. The molecule has 0 unspecified atom stereocenters. The summed E-state index contributed by atoms with van der Waals surface area (Å²) >= 11 is 1.34. The molecule has 0 saturated carbocycles. The molecule has 1 N–H and O–H groups in total. The van der Waals surface area contributed by atoms with Crippen LogP contribution < -0.4 is 5.32 Å². The number of nitrogens with zero attached hydrogens (tertiary/aromatic N) is 4. The van der Waals surface area contributed by atoms with Crippen LogP contribution >= 0.6 is 11.8 Å². The first-order valence-corrected chi connectivity index (χ1v) is 9.87. The third kappa shape index (κ3) is 3.48. The minimum Gasteiger partial charge on any atom is -0.352 e. The molecule has 2 aromatic heterocycles. The van der Waals surface area contributed by atoms with Gasteiger partial charge in [-0.25, -0.2) is 4.98 Å². The van der Waals surface area contributed by atoms with Gasteiger partial charge in [-0.3, -0.25) is 9.20 Å². The summed E-state index contributed by atoms with van der Waals surface area (Å²) in [5.41, 5.74) is 3.74. The van der Waals surface area contributed by atoms with E-state index < -0.39 is 0 Å². The molecule has 4 aromatic rings. The number of thioether (sulfide) groups is 1. The van der Waals surface area contributed by atoms with Gasteiger partial charge in [-0.15, -0.1) is 16.8 Å². The molecule has 0 atom stereocenters. The van der Waals surface area contributed by atoms with Crippen molar-refractivity contribution in [3.63, 3.8) is 0 Å². The maximum Gasteiger partial charge on any atom is 0.230 e. The number of hydrogen-bond donors (Lipinski definition) is 1. The third-order valence-corrected chi connectivity index (χ3v) is 5.23. The van der Waals surface area contributed by atoms with Crippen molar-refractivity contribution in [2.45, 2.75) is 12.1 Å². The Balaban J connectivity index is 1.83. The van der Waals surface area contributed by atoms with Gasteiger partial charge in [0.2, 0.25) is 5.91 Å². The van der Waals surface area contributed by atoms with Crippen LogP contribution in [0, 0.1) is 6.92 Å². The van der Waals surface area contributed by atoms with E-state index in [4.69, 9.17) is 4.98 Å². The number of benzene rings is 2. The van der Waals surface area contributed by atoms with E-state index in [1.807, 2.05) is 40.8 Å². The summed E-state index contributed by atoms with van der Waals surface area (Å²) in [7, 11) is 0. The monoisotopic (exact) mass is 389 g/mol. The Kier molecular flexibility index (Phi) is 5.08. The normalized spacial score (nSPS) is 11.0. The lowest BCUT2D eigenvalue weighted by atomic mass is 10.1. The maximum atomic E-state index is 12.0. The van der Waals surface area contributed by atoms with Crippen LogP contribution in [0.25, 0.3) is 27.9 Å². The van der Waals surface area contributed by atoms with Crippen LogP contribution in [0.1, 0.15) is 5.56 Å². The second-order valence-electron chi connectivity index (χ2n) is 6.34. The smallest absolute Gasteiger partial charge is 0.230 e. The molecule has 2 aromatic carbocycles. The molecule has 0 aliphatic carbocycles. The van der Waals surface area contributed by atoms with E-state index in [1.54, 1.807) is 6.08 Å². The highest BCUT2D eigenvalue weighted by Gasteiger charge is 2.17. The van der Waals surface area contributed by atoms with Gasteiger partial charge in [0.05, 0.1) is 11.3 Å². The number of para-hydroxylation sites is 1. The fourth-order valence-corrected chi connectivity index (χ4v) is 3.68. The molecule has 0 fully saturated rings. The summed E-state index contributed by atoms with van der Waals surface area (Å²) in [6.07, 6.45) is 1.65. The highest BCUT2D eigenvalue weighted by atomic mass is 32.2. The SMILES string of the molecule is C=CCNC(=O)CSc1nnc2c3ccccc3nc(-c3ccc(C)cc3)n12. The number of aromatic nitrogens is 4. The Morgan fingerprint density at radius 2 is 1.96 bits per heavy atom. The van der Waals surface area contributed by atoms with Crippen molar-refractivity contribution in [1.82, 2.24) is 24.9 Å². The van der Waals surface area contributed by atoms with Gasteiger partial charge in [0.25, 0.3) is 0 Å². The van der Waals surface area contributed by atoms with Crippen molar-refractivity contribution in [2.24, 2.45) is 0 Å². The quantitative estimate of drug-likeness (QED) is 0.403. The maximum absolute atomic E-state index is 12.0. The van der Waals surface area contributed by atoms with E-state index in [0.717, 1.165) is 27.9 Å². The van der Waals surface area contributed by atoms with Crippen LogP contribution in [0.3, 0.4) is 0 Å². The van der Waals surface area contributed by atoms with Gasteiger partial charge >= 0.3 is 0 Å². The van der Waals surface area contributed by atoms with E-state index >= 15 is 0 Å². The Hall–Kier alpha value is -3.19. The average Bonchev–Trinajstić information content (AvgIpc) is 3.15. The lowest BCUT2D eigenvalue weighted by Crippen LogP contribution is -2.25. The standard InChI is InChI=1S/C21H19N5OS/c1-3-12-22-18(27)13-28-21-25-24-20-16-6-4-5-7-17(16)23-19(26(20)21)15-10-8-14(2)9-11-15/h3-11H,1,12-13H2,2H3,(H,22,27). The van der Waals surface area contributed by atoms with E-state index in [9.17, 15) is 4.79 Å². The zero-order valence-electron chi connectivity index (χ0n) is 15.4. The minimum absolute atomic E-state index is 0.0766. The summed E-state index contributed by atoms with van der Waals surface area (Å²) in [5.74, 6) is 0.925. The molecule has 28 heavy (non-hydrogen) atoms. The fraction of sp³-hybridized carbons (Fsp3) is 0.143. The van der Waals surface area contributed by atoms with Crippen molar-refractivity contribution >= 4 is 34.2 Å². The lowest BCUT2D eigenvalue weighted by Gasteiger charge is -2.10. The Labute approximate surface area is 166 Å². The second-order valence-corrected chi connectivity index (χ2v) is 7.28. The van der Waals surface area contributed by atoms with Crippen LogP contribution in [0.4, 0.5) is 0 Å². The number of rotatable bonds is 6. The molecule has 0 saturated heterocycles. The zero-order valence-corrected chi connectivity index (χ0v) is 16.2. The lowest BCUT2D eigenvalue weighted by molar-refractivity contribution is -0.118. The van der Waals surface area contributed by atoms with Crippen molar-refractivity contribution in [3.8, 4) is 11.4 Å². The zero-order chi connectivity index (χ0) is 19.5. The number of fused-ring (bicyclic) bond motifs is 3. The number of nitrogens with one attached hydrogen (secondary N) is 1. The highest BCUT2D eigenvalue weighted by Crippen LogP contribution is 2.29. The summed E-state index contributed by atoms with van der Waals surface area (Å²) in [6, 6.07) is 16.1. The van der Waals surface area contributed by atoms with E-state index in [0.29, 0.717) is 11.7 Å². The van der Waals surface area contributed by atoms with Crippen LogP contribution in [0.5, 0.6) is 0 Å². The van der Waals surface area contributed by atoms with Crippen LogP contribution in [-0.2, 0) is 4.79 Å². The molecule has 4 rings (SSSR count). The Morgan fingerprint density at radius 1 is 1.18 bits per heavy atom. The van der Waals surface area contributed by atoms with E-state index in [2.05, 4.69) is 41.1 Å². The fourth-order valence-electron chi connectivity index (χ4n) is 2.92. The molecule has 1 amide bonds. The predicted octanol–water partition coefficient (Wildman–Crippen LogP) is 3.65. The summed E-state index contributed by atoms with van der Waals surface area (Å²) in [6.45, 7) is 6.10. The van der Waals surface area contributed by atoms with Gasteiger partial charge in [-0.2, -0.15) is 0 Å². The first kappa shape index (κ1) is 18.2. The van der Waals surface area contributed by atoms with Crippen molar-refractivity contribution in [2.75, 3.05) is 12.3 Å². The number of hydrogen-bond acceptors (Lipinski definition) is 5. The number of carbonyl (C=O) groups is 1. The summed E-state index contributed by atoms with van der Waals surface area (Å²) in [5, 5.41) is 13.1. The molecule has 2 heterocycles. The van der Waals surface area contributed by atoms with Crippen molar-refractivity contribution in [3.05, 3.63) is 66.7 Å². The predicted molar refractivity (Wildman–Crippen MR) is 112 cm³/mol. The summed E-state index contributed by atoms with van der Waals surface area (Å²) < 4.78 is 1.93. The van der Waals surface area contributed by atoms with Crippen LogP contribution in [0.2, 0.25) is 0 Å². The minimum atomic E-state index is -0.0766. The number of aryl methyl sites for hydroxylation is 1. The van der Waals surface area contributed by atoms with Crippen LogP contribution in [-0.4, -0.2) is 37.8 Å². The number of amides is 1. The van der Waals surface area contributed by atoms with Gasteiger partial charge in [0.15, 0.2) is 10.8 Å². The van der Waals surface area contributed by atoms with Crippen LogP contribution in [0.15, 0.2) is 66.3 Å². The first-order valence-electron chi connectivity index (χ1n) is 8.88. The van der Waals surface area contributed by atoms with Crippen molar-refractivity contribution in [1.29, 1.82) is 0 Å². The topological polar surface area (TPSA) is 72.2 Å². The number of carbonyl (C=O) groups excluding carboxylic acids is 1. The van der Waals surface area contributed by atoms with Gasteiger partial charge in [0.1, 0.15) is 5.82 Å². The average molecular weight is 389 g/mol. The van der Waals surface area contributed by atoms with Gasteiger partial charge < -0.3 is 5.32 Å². The molecule has 0 aliphatic rings. The van der Waals surface area contributed by atoms with Gasteiger partial charge in [0, 0.05) is 17.5 Å².